The average Bonchev–Trinajstić information content (AvgIpc) is 2.44. The predicted octanol–water partition coefficient (Wildman–Crippen LogP) is 0.910. The highest BCUT2D eigenvalue weighted by atomic mass is 16.5. The van der Waals surface area contributed by atoms with E-state index < -0.39 is 18.0 Å². The van der Waals surface area contributed by atoms with Crippen molar-refractivity contribution in [3.63, 3.8) is 0 Å². The lowest BCUT2D eigenvalue weighted by atomic mass is 10.2. The summed E-state index contributed by atoms with van der Waals surface area (Å²) >= 11 is 0. The summed E-state index contributed by atoms with van der Waals surface area (Å²) in [6, 6.07) is 4.44. The van der Waals surface area contributed by atoms with Gasteiger partial charge >= 0.3 is 5.97 Å². The summed E-state index contributed by atoms with van der Waals surface area (Å²) in [6.07, 6.45) is 4.13. The molecule has 0 bridgehead atoms. The second-order valence-electron chi connectivity index (χ2n) is 3.82. The van der Waals surface area contributed by atoms with Gasteiger partial charge in [-0.25, -0.2) is 4.79 Å². The molecule has 0 aliphatic rings. The van der Waals surface area contributed by atoms with Gasteiger partial charge in [0, 0.05) is 0 Å². The number of terminal acetylenes is 1. The third-order valence-corrected chi connectivity index (χ3v) is 2.46. The van der Waals surface area contributed by atoms with Crippen LogP contribution in [0.1, 0.15) is 17.3 Å². The Kier molecular flexibility index (Phi) is 5.42. The normalized spacial score (nSPS) is 11.1. The van der Waals surface area contributed by atoms with Crippen LogP contribution in [0.15, 0.2) is 18.2 Å². The topological polar surface area (TPSA) is 84.9 Å². The number of methoxy groups -OCH3 is 1. The van der Waals surface area contributed by atoms with Crippen LogP contribution in [0.3, 0.4) is 0 Å². The van der Waals surface area contributed by atoms with E-state index in [1.54, 1.807) is 6.07 Å². The van der Waals surface area contributed by atoms with Crippen molar-refractivity contribution in [1.29, 1.82) is 0 Å². The number of hydrogen-bond acceptors (Lipinski definition) is 4. The number of rotatable bonds is 6. The van der Waals surface area contributed by atoms with E-state index in [4.69, 9.17) is 21.0 Å². The Labute approximate surface area is 116 Å². The van der Waals surface area contributed by atoms with Gasteiger partial charge in [0.25, 0.3) is 5.91 Å². The molecule has 0 aliphatic carbocycles. The summed E-state index contributed by atoms with van der Waals surface area (Å²) in [4.78, 5) is 22.8. The Bertz CT molecular complexity index is 547. The first-order valence-electron chi connectivity index (χ1n) is 5.79. The molecular formula is C14H15NO5. The van der Waals surface area contributed by atoms with Crippen LogP contribution in [0, 0.1) is 12.3 Å². The van der Waals surface area contributed by atoms with Crippen LogP contribution in [0.5, 0.6) is 11.5 Å². The number of ether oxygens (including phenoxy) is 2. The Morgan fingerprint density at radius 3 is 2.75 bits per heavy atom. The molecule has 0 saturated carbocycles. The van der Waals surface area contributed by atoms with E-state index in [9.17, 15) is 9.59 Å². The van der Waals surface area contributed by atoms with Crippen molar-refractivity contribution in [2.45, 2.75) is 13.0 Å². The minimum absolute atomic E-state index is 0.00542. The molecule has 1 rings (SSSR count). The summed E-state index contributed by atoms with van der Waals surface area (Å²) in [5.41, 5.74) is -0.0825. The quantitative estimate of drug-likeness (QED) is 0.755. The molecule has 1 aromatic rings. The number of aromatic carboxylic acids is 1. The lowest BCUT2D eigenvalue weighted by Gasteiger charge is -2.17. The summed E-state index contributed by atoms with van der Waals surface area (Å²) in [7, 11) is 1.39. The fraction of sp³-hybridized carbons (Fsp3) is 0.286. The van der Waals surface area contributed by atoms with Gasteiger partial charge in [-0.1, -0.05) is 12.0 Å². The Morgan fingerprint density at radius 1 is 1.50 bits per heavy atom. The number of carboxylic acid groups (broad SMARTS) is 1. The molecule has 0 fully saturated rings. The highest BCUT2D eigenvalue weighted by Crippen LogP contribution is 2.31. The van der Waals surface area contributed by atoms with Crippen LogP contribution >= 0.6 is 0 Å². The van der Waals surface area contributed by atoms with Crippen molar-refractivity contribution >= 4 is 11.9 Å². The zero-order valence-corrected chi connectivity index (χ0v) is 11.2. The maximum absolute atomic E-state index is 11.7. The molecule has 6 heteroatoms. The van der Waals surface area contributed by atoms with E-state index in [0.717, 1.165) is 0 Å². The monoisotopic (exact) mass is 277 g/mol. The second kappa shape index (κ2) is 7.04. The van der Waals surface area contributed by atoms with Crippen LogP contribution in [0.4, 0.5) is 0 Å². The summed E-state index contributed by atoms with van der Waals surface area (Å²) in [5, 5.41) is 11.6. The first-order chi connectivity index (χ1) is 9.51. The molecule has 0 heterocycles. The number of amides is 1. The first kappa shape index (κ1) is 15.4. The van der Waals surface area contributed by atoms with Gasteiger partial charge in [-0.15, -0.1) is 6.42 Å². The molecule has 1 unspecified atom stereocenters. The zero-order valence-electron chi connectivity index (χ0n) is 11.2. The molecule has 1 aromatic carbocycles. The van der Waals surface area contributed by atoms with Crippen LogP contribution in [-0.2, 0) is 4.79 Å². The molecule has 20 heavy (non-hydrogen) atoms. The van der Waals surface area contributed by atoms with Gasteiger partial charge in [0.15, 0.2) is 17.6 Å². The number of hydrogen-bond donors (Lipinski definition) is 2. The van der Waals surface area contributed by atoms with Gasteiger partial charge in [-0.2, -0.15) is 0 Å². The molecule has 1 atom stereocenters. The minimum Gasteiger partial charge on any atom is -0.493 e. The number of carbonyl (C=O) groups is 2. The van der Waals surface area contributed by atoms with Gasteiger partial charge in [0.1, 0.15) is 5.56 Å². The Hall–Kier alpha value is -2.68. The second-order valence-corrected chi connectivity index (χ2v) is 3.82. The van der Waals surface area contributed by atoms with E-state index in [0.29, 0.717) is 0 Å². The van der Waals surface area contributed by atoms with Crippen molar-refractivity contribution in [3.8, 4) is 23.8 Å². The lowest BCUT2D eigenvalue weighted by Crippen LogP contribution is -2.36. The third-order valence-electron chi connectivity index (χ3n) is 2.46. The molecule has 106 valence electrons. The van der Waals surface area contributed by atoms with E-state index in [1.807, 2.05) is 0 Å². The zero-order chi connectivity index (χ0) is 15.1. The molecule has 0 spiro atoms. The van der Waals surface area contributed by atoms with Crippen molar-refractivity contribution in [2.75, 3.05) is 13.7 Å². The van der Waals surface area contributed by atoms with E-state index in [1.165, 1.54) is 26.2 Å². The van der Waals surface area contributed by atoms with Gasteiger partial charge < -0.3 is 19.9 Å². The lowest BCUT2D eigenvalue weighted by molar-refractivity contribution is -0.127. The molecule has 0 saturated heterocycles. The molecule has 0 aromatic heterocycles. The summed E-state index contributed by atoms with van der Waals surface area (Å²) < 4.78 is 10.4. The minimum atomic E-state index is -1.17. The van der Waals surface area contributed by atoms with Gasteiger partial charge in [0.05, 0.1) is 13.7 Å². The number of carboxylic acids is 1. The van der Waals surface area contributed by atoms with Crippen molar-refractivity contribution < 1.29 is 24.2 Å². The first-order valence-corrected chi connectivity index (χ1v) is 5.79. The van der Waals surface area contributed by atoms with Crippen molar-refractivity contribution in [2.24, 2.45) is 0 Å². The summed E-state index contributed by atoms with van der Waals surface area (Å²) in [6.45, 7) is 1.56. The largest absolute Gasteiger partial charge is 0.493 e. The molecule has 2 N–H and O–H groups in total. The van der Waals surface area contributed by atoms with Gasteiger partial charge in [-0.3, -0.25) is 4.79 Å². The van der Waals surface area contributed by atoms with E-state index >= 15 is 0 Å². The summed E-state index contributed by atoms with van der Waals surface area (Å²) in [5.74, 6) is 0.895. The third kappa shape index (κ3) is 3.65. The average molecular weight is 277 g/mol. The van der Waals surface area contributed by atoms with Crippen LogP contribution in [-0.4, -0.2) is 36.7 Å². The number of benzene rings is 1. The SMILES string of the molecule is C#CCNC(=O)C(C)Oc1c(OC)cccc1C(=O)O. The maximum atomic E-state index is 11.7. The highest BCUT2D eigenvalue weighted by molar-refractivity contribution is 5.92. The Morgan fingerprint density at radius 2 is 2.20 bits per heavy atom. The Balaban J connectivity index is 2.98. The molecule has 6 nitrogen and oxygen atoms in total. The fourth-order valence-corrected chi connectivity index (χ4v) is 1.48. The van der Waals surface area contributed by atoms with Crippen LogP contribution in [0.2, 0.25) is 0 Å². The standard InChI is InChI=1S/C14H15NO5/c1-4-8-15-13(16)9(2)20-12-10(14(17)18)6-5-7-11(12)19-3/h1,5-7,9H,8H2,2-3H3,(H,15,16)(H,17,18). The highest BCUT2D eigenvalue weighted by Gasteiger charge is 2.21. The smallest absolute Gasteiger partial charge is 0.339 e. The molecule has 0 radical (unpaired) electrons. The van der Waals surface area contributed by atoms with Crippen LogP contribution < -0.4 is 14.8 Å². The molecule has 0 aliphatic heterocycles. The van der Waals surface area contributed by atoms with Gasteiger partial charge in [0.2, 0.25) is 0 Å². The van der Waals surface area contributed by atoms with Crippen LogP contribution in [0.25, 0.3) is 0 Å². The van der Waals surface area contributed by atoms with Crippen molar-refractivity contribution in [3.05, 3.63) is 23.8 Å². The number of nitrogens with one attached hydrogen (secondary N) is 1. The van der Waals surface area contributed by atoms with Gasteiger partial charge in [-0.05, 0) is 19.1 Å². The molecular weight excluding hydrogens is 262 g/mol. The van der Waals surface area contributed by atoms with Crippen molar-refractivity contribution in [1.82, 2.24) is 5.32 Å². The number of carbonyl (C=O) groups excluding carboxylic acids is 1. The number of para-hydroxylation sites is 1. The maximum Gasteiger partial charge on any atom is 0.339 e. The molecule has 1 amide bonds. The van der Waals surface area contributed by atoms with E-state index in [2.05, 4.69) is 11.2 Å². The fourth-order valence-electron chi connectivity index (χ4n) is 1.48. The van der Waals surface area contributed by atoms with E-state index in [-0.39, 0.29) is 23.6 Å². The predicted molar refractivity (Wildman–Crippen MR) is 71.9 cm³/mol.